The maximum Gasteiger partial charge on any atom is 0.195 e. The first kappa shape index (κ1) is 15.1. The smallest absolute Gasteiger partial charge is 0.195 e. The van der Waals surface area contributed by atoms with Gasteiger partial charge in [-0.1, -0.05) is 13.3 Å². The van der Waals surface area contributed by atoms with Gasteiger partial charge in [0.05, 0.1) is 0 Å². The fraction of sp³-hybridized carbons (Fsp3) is 0.250. The number of anilines is 1. The third-order valence-corrected chi connectivity index (χ3v) is 3.03. The predicted octanol–water partition coefficient (Wildman–Crippen LogP) is 3.41. The van der Waals surface area contributed by atoms with Gasteiger partial charge in [-0.3, -0.25) is 0 Å². The van der Waals surface area contributed by atoms with Gasteiger partial charge in [-0.2, -0.15) is 15.8 Å². The molecule has 0 aliphatic heterocycles. The van der Waals surface area contributed by atoms with Crippen LogP contribution in [-0.4, -0.2) is 4.98 Å². The van der Waals surface area contributed by atoms with E-state index in [0.29, 0.717) is 22.7 Å². The van der Waals surface area contributed by atoms with Crippen molar-refractivity contribution in [3.63, 3.8) is 0 Å². The number of oxazole rings is 1. The molecule has 0 bridgehead atoms. The molecule has 1 heterocycles. The molecule has 1 N–H and O–H groups in total. The van der Waals surface area contributed by atoms with Crippen LogP contribution in [0.2, 0.25) is 0 Å². The molecule has 0 unspecified atom stereocenters. The summed E-state index contributed by atoms with van der Waals surface area (Å²) >= 11 is 0. The molecule has 0 spiro atoms. The zero-order valence-corrected chi connectivity index (χ0v) is 12.1. The van der Waals surface area contributed by atoms with Crippen LogP contribution in [-0.2, 0) is 6.42 Å². The van der Waals surface area contributed by atoms with Crippen molar-refractivity contribution in [2.75, 3.05) is 5.32 Å². The van der Waals surface area contributed by atoms with Gasteiger partial charge in [0, 0.05) is 12.1 Å². The Morgan fingerprint density at radius 3 is 2.64 bits per heavy atom. The van der Waals surface area contributed by atoms with E-state index in [-0.39, 0.29) is 11.3 Å². The van der Waals surface area contributed by atoms with Gasteiger partial charge in [-0.05, 0) is 24.6 Å². The van der Waals surface area contributed by atoms with Gasteiger partial charge in [0.1, 0.15) is 29.4 Å². The lowest BCUT2D eigenvalue weighted by atomic mass is 10.2. The fourth-order valence-electron chi connectivity index (χ4n) is 1.92. The van der Waals surface area contributed by atoms with Gasteiger partial charge in [0.2, 0.25) is 0 Å². The molecule has 0 aliphatic rings. The van der Waals surface area contributed by atoms with E-state index in [9.17, 15) is 0 Å². The maximum atomic E-state index is 9.03. The van der Waals surface area contributed by atoms with Crippen LogP contribution in [0, 0.1) is 34.0 Å². The summed E-state index contributed by atoms with van der Waals surface area (Å²) in [5.41, 5.74) is 1.57. The molecule has 0 amide bonds. The molecule has 0 radical (unpaired) electrons. The SMILES string of the molecule is CCCCc1nc2cc(NC(C#N)=C(C#N)C#N)ccc2o1. The highest BCUT2D eigenvalue weighted by atomic mass is 16.3. The first-order chi connectivity index (χ1) is 10.7. The normalized spacial score (nSPS) is 9.55. The lowest BCUT2D eigenvalue weighted by Gasteiger charge is -2.03. The number of nitriles is 3. The van der Waals surface area contributed by atoms with Gasteiger partial charge in [-0.25, -0.2) is 4.98 Å². The molecule has 22 heavy (non-hydrogen) atoms. The van der Waals surface area contributed by atoms with Gasteiger partial charge >= 0.3 is 0 Å². The minimum Gasteiger partial charge on any atom is -0.441 e. The minimum atomic E-state index is -0.258. The predicted molar refractivity (Wildman–Crippen MR) is 80.1 cm³/mol. The van der Waals surface area contributed by atoms with Crippen molar-refractivity contribution < 1.29 is 4.42 Å². The molecule has 2 rings (SSSR count). The summed E-state index contributed by atoms with van der Waals surface area (Å²) in [5, 5.41) is 29.4. The van der Waals surface area contributed by atoms with Gasteiger partial charge in [0.15, 0.2) is 17.0 Å². The topological polar surface area (TPSA) is 109 Å². The fourth-order valence-corrected chi connectivity index (χ4v) is 1.92. The highest BCUT2D eigenvalue weighted by Crippen LogP contribution is 2.22. The molecular formula is C16H13N5O. The number of rotatable bonds is 5. The van der Waals surface area contributed by atoms with Crippen molar-refractivity contribution in [1.82, 2.24) is 4.98 Å². The van der Waals surface area contributed by atoms with E-state index in [1.807, 2.05) is 6.07 Å². The Labute approximate surface area is 127 Å². The molecule has 0 saturated carbocycles. The number of allylic oxidation sites excluding steroid dienone is 2. The highest BCUT2D eigenvalue weighted by Gasteiger charge is 2.09. The van der Waals surface area contributed by atoms with E-state index in [1.165, 1.54) is 0 Å². The summed E-state index contributed by atoms with van der Waals surface area (Å²) in [6.07, 6.45) is 2.85. The first-order valence-corrected chi connectivity index (χ1v) is 6.82. The number of nitrogens with one attached hydrogen (secondary N) is 1. The van der Waals surface area contributed by atoms with Crippen molar-refractivity contribution in [1.29, 1.82) is 15.8 Å². The number of hydrogen-bond donors (Lipinski definition) is 1. The largest absolute Gasteiger partial charge is 0.441 e. The van der Waals surface area contributed by atoms with Crippen molar-refractivity contribution in [3.8, 4) is 18.2 Å². The Morgan fingerprint density at radius 2 is 2.00 bits per heavy atom. The molecule has 0 fully saturated rings. The molecule has 0 atom stereocenters. The molecule has 0 saturated heterocycles. The Bertz CT molecular complexity index is 826. The third-order valence-electron chi connectivity index (χ3n) is 3.03. The zero-order valence-electron chi connectivity index (χ0n) is 12.1. The van der Waals surface area contributed by atoms with Crippen LogP contribution in [0.4, 0.5) is 5.69 Å². The van der Waals surface area contributed by atoms with E-state index in [0.717, 1.165) is 19.3 Å². The van der Waals surface area contributed by atoms with Crippen molar-refractivity contribution >= 4 is 16.8 Å². The van der Waals surface area contributed by atoms with Crippen LogP contribution in [0.3, 0.4) is 0 Å². The summed E-state index contributed by atoms with van der Waals surface area (Å²) in [4.78, 5) is 4.39. The monoisotopic (exact) mass is 291 g/mol. The summed E-state index contributed by atoms with van der Waals surface area (Å²) in [6, 6.07) is 10.4. The zero-order chi connectivity index (χ0) is 15.9. The Morgan fingerprint density at radius 1 is 1.23 bits per heavy atom. The number of unbranched alkanes of at least 4 members (excludes halogenated alkanes) is 1. The van der Waals surface area contributed by atoms with Crippen LogP contribution in [0.5, 0.6) is 0 Å². The third kappa shape index (κ3) is 3.23. The number of nitrogens with zero attached hydrogens (tertiary/aromatic N) is 4. The quantitative estimate of drug-likeness (QED) is 0.845. The second-order valence-electron chi connectivity index (χ2n) is 4.60. The van der Waals surface area contributed by atoms with Crippen LogP contribution >= 0.6 is 0 Å². The van der Waals surface area contributed by atoms with Crippen LogP contribution in [0.15, 0.2) is 33.9 Å². The van der Waals surface area contributed by atoms with E-state index in [1.54, 1.807) is 30.3 Å². The van der Waals surface area contributed by atoms with Gasteiger partial charge < -0.3 is 9.73 Å². The van der Waals surface area contributed by atoms with E-state index < -0.39 is 0 Å². The maximum absolute atomic E-state index is 9.03. The van der Waals surface area contributed by atoms with Crippen molar-refractivity contribution in [2.45, 2.75) is 26.2 Å². The molecule has 6 heteroatoms. The van der Waals surface area contributed by atoms with Gasteiger partial charge in [-0.15, -0.1) is 0 Å². The van der Waals surface area contributed by atoms with E-state index >= 15 is 0 Å². The number of aryl methyl sites for hydroxylation is 1. The number of fused-ring (bicyclic) bond motifs is 1. The molecule has 108 valence electrons. The molecule has 1 aromatic heterocycles. The Balaban J connectivity index is 2.30. The van der Waals surface area contributed by atoms with Crippen LogP contribution < -0.4 is 5.32 Å². The first-order valence-electron chi connectivity index (χ1n) is 6.82. The average molecular weight is 291 g/mol. The summed E-state index contributed by atoms with van der Waals surface area (Å²) in [7, 11) is 0. The number of aromatic nitrogens is 1. The summed E-state index contributed by atoms with van der Waals surface area (Å²) in [5.74, 6) is 0.680. The standard InChI is InChI=1S/C16H13N5O/c1-2-3-4-16-21-13-7-12(5-6-15(13)22-16)20-14(10-19)11(8-17)9-18/h5-7,20H,2-4H2,1H3. The molecular weight excluding hydrogens is 278 g/mol. The lowest BCUT2D eigenvalue weighted by molar-refractivity contribution is 0.517. The highest BCUT2D eigenvalue weighted by molar-refractivity contribution is 5.78. The van der Waals surface area contributed by atoms with Crippen molar-refractivity contribution in [3.05, 3.63) is 35.4 Å². The van der Waals surface area contributed by atoms with Crippen LogP contribution in [0.1, 0.15) is 25.7 Å². The molecule has 0 aliphatic carbocycles. The lowest BCUT2D eigenvalue weighted by Crippen LogP contribution is -2.00. The summed E-state index contributed by atoms with van der Waals surface area (Å²) in [6.45, 7) is 2.10. The summed E-state index contributed by atoms with van der Waals surface area (Å²) < 4.78 is 5.63. The second kappa shape index (κ2) is 6.92. The minimum absolute atomic E-state index is 0.0842. The van der Waals surface area contributed by atoms with E-state index in [4.69, 9.17) is 20.2 Å². The number of benzene rings is 1. The van der Waals surface area contributed by atoms with Gasteiger partial charge in [0.25, 0.3) is 0 Å². The van der Waals surface area contributed by atoms with Crippen LogP contribution in [0.25, 0.3) is 11.1 Å². The second-order valence-corrected chi connectivity index (χ2v) is 4.60. The number of hydrogen-bond acceptors (Lipinski definition) is 6. The molecule has 6 nitrogen and oxygen atoms in total. The van der Waals surface area contributed by atoms with Crippen molar-refractivity contribution in [2.24, 2.45) is 0 Å². The van der Waals surface area contributed by atoms with E-state index in [2.05, 4.69) is 17.2 Å². The molecule has 1 aromatic carbocycles. The average Bonchev–Trinajstić information content (AvgIpc) is 2.95. The Kier molecular flexibility index (Phi) is 4.75. The Hall–Kier alpha value is -3.30. The molecule has 2 aromatic rings.